The molecule has 0 spiro atoms. The summed E-state index contributed by atoms with van der Waals surface area (Å²) in [7, 11) is 0. The van der Waals surface area contributed by atoms with Crippen LogP contribution in [0.25, 0.3) is 0 Å². The van der Waals surface area contributed by atoms with E-state index in [-0.39, 0.29) is 12.1 Å². The second-order valence-electron chi connectivity index (χ2n) is 6.37. The minimum atomic E-state index is -4.49. The maximum atomic E-state index is 13.1. The van der Waals surface area contributed by atoms with Gasteiger partial charge in [-0.25, -0.2) is 0 Å². The third kappa shape index (κ3) is 5.86. The molecule has 0 aliphatic carbocycles. The zero-order valence-corrected chi connectivity index (χ0v) is 15.4. The van der Waals surface area contributed by atoms with E-state index in [0.717, 1.165) is 23.3 Å². The smallest absolute Gasteiger partial charge is 0.350 e. The Morgan fingerprint density at radius 3 is 2.41 bits per heavy atom. The number of hydrogen-bond acceptors (Lipinski definition) is 4. The molecule has 5 nitrogen and oxygen atoms in total. The number of alkyl halides is 3. The molecule has 150 valence electrons. The molecule has 1 unspecified atom stereocenters. The van der Waals surface area contributed by atoms with Crippen molar-refractivity contribution in [2.24, 2.45) is 0 Å². The van der Waals surface area contributed by atoms with Gasteiger partial charge in [-0.15, -0.1) is 0 Å². The van der Waals surface area contributed by atoms with Crippen LogP contribution >= 0.6 is 0 Å². The largest absolute Gasteiger partial charge is 0.416 e. The van der Waals surface area contributed by atoms with Gasteiger partial charge in [0.15, 0.2) is 0 Å². The molecular formula is C21H19F3N4O. The molecule has 0 radical (unpaired) electrons. The number of carbonyl (C=O) groups excluding carboxylic acids is 1. The monoisotopic (exact) mass is 400 g/mol. The number of pyridine rings is 2. The molecule has 0 fully saturated rings. The van der Waals surface area contributed by atoms with E-state index < -0.39 is 23.7 Å². The molecule has 8 heteroatoms. The summed E-state index contributed by atoms with van der Waals surface area (Å²) in [6.45, 7) is 0.517. The molecule has 2 aromatic heterocycles. The third-order valence-corrected chi connectivity index (χ3v) is 4.26. The quantitative estimate of drug-likeness (QED) is 0.636. The lowest BCUT2D eigenvalue weighted by Gasteiger charge is -2.20. The summed E-state index contributed by atoms with van der Waals surface area (Å²) in [4.78, 5) is 20.7. The van der Waals surface area contributed by atoms with E-state index in [2.05, 4.69) is 20.6 Å². The van der Waals surface area contributed by atoms with Gasteiger partial charge in [-0.1, -0.05) is 18.2 Å². The SMILES string of the molecule is O=C(NCc1cccnc1)C(NCc1ccncc1)c1cccc(C(F)(F)F)c1. The Hall–Kier alpha value is -3.26. The maximum Gasteiger partial charge on any atom is 0.416 e. The van der Waals surface area contributed by atoms with Crippen LogP contribution < -0.4 is 10.6 Å². The molecule has 3 aromatic rings. The topological polar surface area (TPSA) is 66.9 Å². The highest BCUT2D eigenvalue weighted by atomic mass is 19.4. The normalized spacial score (nSPS) is 12.4. The first-order valence-corrected chi connectivity index (χ1v) is 8.89. The van der Waals surface area contributed by atoms with Crippen molar-refractivity contribution in [2.45, 2.75) is 25.3 Å². The lowest BCUT2D eigenvalue weighted by atomic mass is 10.0. The van der Waals surface area contributed by atoms with Crippen LogP contribution in [0.5, 0.6) is 0 Å². The molecule has 0 saturated heterocycles. The first-order chi connectivity index (χ1) is 13.9. The van der Waals surface area contributed by atoms with E-state index >= 15 is 0 Å². The number of hydrogen-bond donors (Lipinski definition) is 2. The van der Waals surface area contributed by atoms with Crippen LogP contribution in [0, 0.1) is 0 Å². The zero-order chi connectivity index (χ0) is 20.7. The van der Waals surface area contributed by atoms with E-state index in [1.165, 1.54) is 12.1 Å². The summed E-state index contributed by atoms with van der Waals surface area (Å²) in [5.41, 5.74) is 1.08. The van der Waals surface area contributed by atoms with Crippen molar-refractivity contribution in [2.75, 3.05) is 0 Å². The minimum absolute atomic E-state index is 0.221. The Balaban J connectivity index is 1.80. The fourth-order valence-corrected chi connectivity index (χ4v) is 2.77. The highest BCUT2D eigenvalue weighted by molar-refractivity contribution is 5.83. The number of amides is 1. The van der Waals surface area contributed by atoms with Crippen LogP contribution in [0.2, 0.25) is 0 Å². The molecule has 3 rings (SSSR count). The summed E-state index contributed by atoms with van der Waals surface area (Å²) < 4.78 is 39.4. The molecule has 0 aliphatic heterocycles. The number of nitrogens with zero attached hydrogens (tertiary/aromatic N) is 2. The van der Waals surface area contributed by atoms with E-state index in [1.807, 2.05) is 0 Å². The van der Waals surface area contributed by atoms with E-state index in [9.17, 15) is 18.0 Å². The van der Waals surface area contributed by atoms with E-state index in [1.54, 1.807) is 49.1 Å². The van der Waals surface area contributed by atoms with Gasteiger partial charge in [0.2, 0.25) is 5.91 Å². The lowest BCUT2D eigenvalue weighted by molar-refractivity contribution is -0.137. The Morgan fingerprint density at radius 1 is 0.931 bits per heavy atom. The highest BCUT2D eigenvalue weighted by Crippen LogP contribution is 2.31. The summed E-state index contributed by atoms with van der Waals surface area (Å²) in [5.74, 6) is -0.428. The minimum Gasteiger partial charge on any atom is -0.350 e. The van der Waals surface area contributed by atoms with Crippen molar-refractivity contribution in [1.82, 2.24) is 20.6 Å². The highest BCUT2D eigenvalue weighted by Gasteiger charge is 2.31. The number of nitrogens with one attached hydrogen (secondary N) is 2. The molecule has 0 aliphatic rings. The fourth-order valence-electron chi connectivity index (χ4n) is 2.77. The molecular weight excluding hydrogens is 381 g/mol. The molecule has 1 atom stereocenters. The van der Waals surface area contributed by atoms with Crippen LogP contribution in [0.1, 0.15) is 28.3 Å². The van der Waals surface area contributed by atoms with Crippen LogP contribution in [-0.2, 0) is 24.1 Å². The average molecular weight is 400 g/mol. The number of rotatable bonds is 7. The molecule has 0 saturated carbocycles. The van der Waals surface area contributed by atoms with Gasteiger partial charge in [0.25, 0.3) is 0 Å². The molecule has 2 heterocycles. The van der Waals surface area contributed by atoms with Crippen molar-refractivity contribution in [3.63, 3.8) is 0 Å². The van der Waals surface area contributed by atoms with Gasteiger partial charge in [0.05, 0.1) is 5.56 Å². The lowest BCUT2D eigenvalue weighted by Crippen LogP contribution is -2.37. The van der Waals surface area contributed by atoms with Crippen molar-refractivity contribution in [1.29, 1.82) is 0 Å². The van der Waals surface area contributed by atoms with Gasteiger partial charge < -0.3 is 5.32 Å². The second-order valence-corrected chi connectivity index (χ2v) is 6.37. The summed E-state index contributed by atoms with van der Waals surface area (Å²) >= 11 is 0. The Bertz CT molecular complexity index is 933. The number of aromatic nitrogens is 2. The van der Waals surface area contributed by atoms with Gasteiger partial charge in [0.1, 0.15) is 6.04 Å². The van der Waals surface area contributed by atoms with Gasteiger partial charge in [-0.05, 0) is 47.0 Å². The van der Waals surface area contributed by atoms with Crippen LogP contribution in [-0.4, -0.2) is 15.9 Å². The third-order valence-electron chi connectivity index (χ3n) is 4.26. The van der Waals surface area contributed by atoms with Crippen molar-refractivity contribution in [3.8, 4) is 0 Å². The summed E-state index contributed by atoms with van der Waals surface area (Å²) in [6.07, 6.45) is 1.96. The molecule has 1 aromatic carbocycles. The van der Waals surface area contributed by atoms with Crippen LogP contribution in [0.3, 0.4) is 0 Å². The summed E-state index contributed by atoms with van der Waals surface area (Å²) in [6, 6.07) is 10.9. The molecule has 2 N–H and O–H groups in total. The van der Waals surface area contributed by atoms with E-state index in [0.29, 0.717) is 6.54 Å². The Kier molecular flexibility index (Phi) is 6.56. The first kappa shape index (κ1) is 20.5. The molecule has 29 heavy (non-hydrogen) atoms. The van der Waals surface area contributed by atoms with Crippen molar-refractivity contribution >= 4 is 5.91 Å². The average Bonchev–Trinajstić information content (AvgIpc) is 2.73. The second kappa shape index (κ2) is 9.29. The predicted molar refractivity (Wildman–Crippen MR) is 101 cm³/mol. The van der Waals surface area contributed by atoms with E-state index in [4.69, 9.17) is 0 Å². The Morgan fingerprint density at radius 2 is 1.72 bits per heavy atom. The van der Waals surface area contributed by atoms with Crippen LogP contribution in [0.15, 0.2) is 73.3 Å². The van der Waals surface area contributed by atoms with Gasteiger partial charge in [-0.3, -0.25) is 20.1 Å². The van der Waals surface area contributed by atoms with Crippen molar-refractivity contribution < 1.29 is 18.0 Å². The van der Waals surface area contributed by atoms with Crippen LogP contribution in [0.4, 0.5) is 13.2 Å². The molecule has 1 amide bonds. The standard InChI is InChI=1S/C21H19F3N4O/c22-21(23,24)18-5-1-4-17(11-18)19(27-13-15-6-9-25-10-7-15)20(29)28-14-16-3-2-8-26-12-16/h1-12,19,27H,13-14H2,(H,28,29). The zero-order valence-electron chi connectivity index (χ0n) is 15.4. The van der Waals surface area contributed by atoms with Gasteiger partial charge >= 0.3 is 6.18 Å². The number of halogens is 3. The van der Waals surface area contributed by atoms with Crippen molar-refractivity contribution in [3.05, 3.63) is 95.6 Å². The predicted octanol–water partition coefficient (Wildman–Crippen LogP) is 3.64. The Labute approximate surface area is 166 Å². The first-order valence-electron chi connectivity index (χ1n) is 8.89. The number of carbonyl (C=O) groups is 1. The fraction of sp³-hybridized carbons (Fsp3) is 0.190. The van der Waals surface area contributed by atoms with Gasteiger partial charge in [-0.2, -0.15) is 13.2 Å². The molecule has 0 bridgehead atoms. The number of benzene rings is 1. The van der Waals surface area contributed by atoms with Gasteiger partial charge in [0, 0.05) is 37.9 Å². The maximum absolute atomic E-state index is 13.1. The summed E-state index contributed by atoms with van der Waals surface area (Å²) in [5, 5.41) is 5.80.